The van der Waals surface area contributed by atoms with E-state index in [0.717, 1.165) is 30.4 Å². The molecule has 1 aromatic carbocycles. The van der Waals surface area contributed by atoms with Crippen molar-refractivity contribution >= 4 is 22.9 Å². The van der Waals surface area contributed by atoms with Gasteiger partial charge in [-0.25, -0.2) is 14.3 Å². The van der Waals surface area contributed by atoms with Gasteiger partial charge in [0.15, 0.2) is 5.70 Å². The summed E-state index contributed by atoms with van der Waals surface area (Å²) in [5.41, 5.74) is 3.44. The van der Waals surface area contributed by atoms with Gasteiger partial charge in [-0.15, -0.1) is 0 Å². The molecule has 0 radical (unpaired) electrons. The van der Waals surface area contributed by atoms with Crippen LogP contribution in [0.5, 0.6) is 0 Å². The van der Waals surface area contributed by atoms with E-state index in [0.29, 0.717) is 34.8 Å². The van der Waals surface area contributed by atoms with Gasteiger partial charge in [0.05, 0.1) is 24.7 Å². The number of allylic oxidation sites excluding steroid dienone is 1. The fraction of sp³-hybridized carbons (Fsp3) is 0.435. The summed E-state index contributed by atoms with van der Waals surface area (Å²) in [5.74, 6) is 0.274. The Kier molecular flexibility index (Phi) is 5.04. The zero-order valence-corrected chi connectivity index (χ0v) is 18.8. The first kappa shape index (κ1) is 21.0. The minimum Gasteiger partial charge on any atom is -0.444 e. The van der Waals surface area contributed by atoms with Crippen LogP contribution in [0.1, 0.15) is 57.1 Å². The van der Waals surface area contributed by atoms with Crippen LogP contribution >= 0.6 is 0 Å². The maximum absolute atomic E-state index is 13.1. The fourth-order valence-electron chi connectivity index (χ4n) is 4.64. The molecule has 2 atom stereocenters. The van der Waals surface area contributed by atoms with Crippen LogP contribution in [0.25, 0.3) is 15.9 Å². The molecule has 3 aromatic rings. The average molecular weight is 447 g/mol. The Balaban J connectivity index is 1.64. The number of carbonyl (C=O) groups is 1. The number of hydrogen-bond acceptors (Lipinski definition) is 7. The first-order valence-electron chi connectivity index (χ1n) is 11.0. The lowest BCUT2D eigenvalue weighted by atomic mass is 9.83. The second-order valence-corrected chi connectivity index (χ2v) is 9.33. The second kappa shape index (κ2) is 7.92. The van der Waals surface area contributed by atoms with E-state index in [-0.39, 0.29) is 12.1 Å². The van der Waals surface area contributed by atoms with Crippen molar-refractivity contribution < 1.29 is 14.2 Å². The van der Waals surface area contributed by atoms with Crippen molar-refractivity contribution in [2.24, 2.45) is 0 Å². The summed E-state index contributed by atoms with van der Waals surface area (Å²) >= 11 is 0. The Bertz CT molecular complexity index is 1280. The summed E-state index contributed by atoms with van der Waals surface area (Å²) in [6.07, 6.45) is 3.91. The highest BCUT2D eigenvalue weighted by Crippen LogP contribution is 2.45. The maximum atomic E-state index is 13.1. The molecule has 4 heterocycles. The number of H-pyrrole nitrogens is 1. The molecular formula is C23H25N7O3. The Morgan fingerprint density at radius 1 is 1.27 bits per heavy atom. The molecule has 2 aromatic heterocycles. The number of aromatic amines is 1. The third-order valence-electron chi connectivity index (χ3n) is 6.00. The van der Waals surface area contributed by atoms with E-state index >= 15 is 0 Å². The van der Waals surface area contributed by atoms with Crippen LogP contribution in [0.2, 0.25) is 0 Å². The number of carbonyl (C=O) groups excluding carboxylic acids is 1. The van der Waals surface area contributed by atoms with E-state index in [1.54, 1.807) is 11.1 Å². The number of hydrogen-bond donors (Lipinski definition) is 2. The molecule has 2 aliphatic rings. The van der Waals surface area contributed by atoms with Crippen molar-refractivity contribution in [3.63, 3.8) is 0 Å². The molecule has 2 N–H and O–H groups in total. The third-order valence-corrected chi connectivity index (χ3v) is 6.00. The predicted molar refractivity (Wildman–Crippen MR) is 120 cm³/mol. The van der Waals surface area contributed by atoms with Gasteiger partial charge in [-0.1, -0.05) is 12.1 Å². The molecule has 1 amide bonds. The zero-order chi connectivity index (χ0) is 23.2. The van der Waals surface area contributed by atoms with E-state index in [2.05, 4.69) is 30.7 Å². The van der Waals surface area contributed by atoms with E-state index in [4.69, 9.17) is 15.9 Å². The van der Waals surface area contributed by atoms with Gasteiger partial charge in [0.1, 0.15) is 22.5 Å². The lowest BCUT2D eigenvalue weighted by molar-refractivity contribution is 0.0138. The highest BCUT2D eigenvalue weighted by Gasteiger charge is 2.40. The summed E-state index contributed by atoms with van der Waals surface area (Å²) in [7, 11) is 0. The van der Waals surface area contributed by atoms with Crippen molar-refractivity contribution in [3.8, 4) is 0 Å². The molecule has 10 nitrogen and oxygen atoms in total. The van der Waals surface area contributed by atoms with Crippen LogP contribution < -0.4 is 5.32 Å². The Morgan fingerprint density at radius 2 is 2.12 bits per heavy atom. The predicted octanol–water partition coefficient (Wildman–Crippen LogP) is 4.42. The SMILES string of the molecule is [C-]#[N+]C1=C(C2CCCCN2C(=O)OC(C)(C)C)Nc2[nH]ncc2C1c1cccc2nonc12. The van der Waals surface area contributed by atoms with Crippen LogP contribution in [-0.4, -0.2) is 49.7 Å². The highest BCUT2D eigenvalue weighted by atomic mass is 16.6. The number of ether oxygens (including phenoxy) is 1. The molecule has 33 heavy (non-hydrogen) atoms. The summed E-state index contributed by atoms with van der Waals surface area (Å²) in [4.78, 5) is 18.8. The lowest BCUT2D eigenvalue weighted by Crippen LogP contribution is -2.48. The second-order valence-electron chi connectivity index (χ2n) is 9.33. The van der Waals surface area contributed by atoms with Gasteiger partial charge in [-0.2, -0.15) is 5.10 Å². The number of anilines is 1. The molecular weight excluding hydrogens is 422 g/mol. The van der Waals surface area contributed by atoms with Crippen molar-refractivity contribution in [1.82, 2.24) is 25.4 Å². The van der Waals surface area contributed by atoms with E-state index < -0.39 is 11.5 Å². The van der Waals surface area contributed by atoms with Crippen LogP contribution in [0.3, 0.4) is 0 Å². The number of amides is 1. The Hall–Kier alpha value is -3.87. The number of aromatic nitrogens is 4. The normalized spacial score (nSPS) is 20.8. The van der Waals surface area contributed by atoms with Crippen molar-refractivity contribution in [2.45, 2.75) is 57.6 Å². The average Bonchev–Trinajstić information content (AvgIpc) is 3.45. The van der Waals surface area contributed by atoms with Gasteiger partial charge >= 0.3 is 6.09 Å². The number of likely N-dealkylation sites (tertiary alicyclic amines) is 1. The lowest BCUT2D eigenvalue weighted by Gasteiger charge is -2.40. The van der Waals surface area contributed by atoms with Gasteiger partial charge in [0, 0.05) is 17.8 Å². The van der Waals surface area contributed by atoms with E-state index in [1.807, 2.05) is 39.0 Å². The standard InChI is InChI=1S/C23H25N7O3/c1-23(2,3)32-22(31)30-11-6-5-10-16(30)19-20(24-4)17(14-12-25-27-21(14)26-19)13-8-7-9-15-18(13)29-33-28-15/h7-9,12,16-17H,5-6,10-11H2,1-3H3,(H2,25,26,27). The number of rotatable bonds is 2. The first-order chi connectivity index (χ1) is 15.9. The molecule has 1 saturated heterocycles. The van der Waals surface area contributed by atoms with Crippen LogP contribution in [0.15, 0.2) is 40.4 Å². The van der Waals surface area contributed by atoms with Gasteiger partial charge in [-0.3, -0.25) is 5.10 Å². The summed E-state index contributed by atoms with van der Waals surface area (Å²) < 4.78 is 10.7. The van der Waals surface area contributed by atoms with Gasteiger partial charge in [-0.05, 0) is 62.0 Å². The van der Waals surface area contributed by atoms with E-state index in [9.17, 15) is 4.79 Å². The number of fused-ring (bicyclic) bond motifs is 2. The monoisotopic (exact) mass is 447 g/mol. The van der Waals surface area contributed by atoms with Gasteiger partial charge in [0.2, 0.25) is 0 Å². The van der Waals surface area contributed by atoms with Crippen molar-refractivity contribution in [1.29, 1.82) is 0 Å². The van der Waals surface area contributed by atoms with E-state index in [1.165, 1.54) is 0 Å². The molecule has 10 heteroatoms. The molecule has 2 aliphatic heterocycles. The van der Waals surface area contributed by atoms with Crippen molar-refractivity contribution in [3.05, 3.63) is 58.3 Å². The zero-order valence-electron chi connectivity index (χ0n) is 18.8. The molecule has 0 bridgehead atoms. The summed E-state index contributed by atoms with van der Waals surface area (Å²) in [5, 5.41) is 18.6. The molecule has 1 fully saturated rings. The fourth-order valence-corrected chi connectivity index (χ4v) is 4.64. The minimum absolute atomic E-state index is 0.314. The molecule has 170 valence electrons. The molecule has 0 spiro atoms. The Morgan fingerprint density at radius 3 is 2.91 bits per heavy atom. The molecule has 0 aliphatic carbocycles. The van der Waals surface area contributed by atoms with Gasteiger partial charge < -0.3 is 15.0 Å². The van der Waals surface area contributed by atoms with Crippen LogP contribution in [0.4, 0.5) is 10.6 Å². The summed E-state index contributed by atoms with van der Waals surface area (Å²) in [6.45, 7) is 14.2. The summed E-state index contributed by atoms with van der Waals surface area (Å²) in [6, 6.07) is 5.30. The van der Waals surface area contributed by atoms with Crippen LogP contribution in [-0.2, 0) is 4.74 Å². The number of nitrogens with zero attached hydrogens (tertiary/aromatic N) is 5. The Labute approximate surface area is 190 Å². The highest BCUT2D eigenvalue weighted by molar-refractivity contribution is 5.80. The number of benzene rings is 1. The first-order valence-corrected chi connectivity index (χ1v) is 11.0. The van der Waals surface area contributed by atoms with Crippen LogP contribution in [0, 0.1) is 6.57 Å². The van der Waals surface area contributed by atoms with Crippen molar-refractivity contribution in [2.75, 3.05) is 11.9 Å². The topological polar surface area (TPSA) is 114 Å². The third kappa shape index (κ3) is 3.69. The smallest absolute Gasteiger partial charge is 0.410 e. The molecule has 2 unspecified atom stereocenters. The minimum atomic E-state index is -0.606. The maximum Gasteiger partial charge on any atom is 0.410 e. The molecule has 0 saturated carbocycles. The van der Waals surface area contributed by atoms with Gasteiger partial charge in [0.25, 0.3) is 0 Å². The largest absolute Gasteiger partial charge is 0.444 e. The quantitative estimate of drug-likeness (QED) is 0.559. The molecule has 5 rings (SSSR count). The number of piperidine rings is 1. The number of nitrogens with one attached hydrogen (secondary N) is 2.